The van der Waals surface area contributed by atoms with Gasteiger partial charge in [-0.1, -0.05) is 34.5 Å². The van der Waals surface area contributed by atoms with Crippen LogP contribution in [-0.4, -0.2) is 24.7 Å². The maximum absolute atomic E-state index is 6.48. The second-order valence-corrected chi connectivity index (χ2v) is 7.69. The van der Waals surface area contributed by atoms with Crippen molar-refractivity contribution < 1.29 is 0 Å². The van der Waals surface area contributed by atoms with Crippen LogP contribution in [0.4, 0.5) is 5.69 Å². The molecular weight excluding hydrogens is 348 g/mol. The van der Waals surface area contributed by atoms with Crippen LogP contribution in [0.25, 0.3) is 0 Å². The molecule has 0 aromatic heterocycles. The Kier molecular flexibility index (Phi) is 5.13. The lowest BCUT2D eigenvalue weighted by Crippen LogP contribution is -2.56. The average Bonchev–Trinajstić information content (AvgIpc) is 2.46. The van der Waals surface area contributed by atoms with Crippen molar-refractivity contribution in [3.63, 3.8) is 0 Å². The molecule has 2 unspecified atom stereocenters. The summed E-state index contributed by atoms with van der Waals surface area (Å²) in [5, 5.41) is 4.61. The average molecular weight is 372 g/mol. The molecule has 2 bridgehead atoms. The Morgan fingerprint density at radius 3 is 2.67 bits per heavy atom. The van der Waals surface area contributed by atoms with Gasteiger partial charge in [0.05, 0.1) is 10.7 Å². The predicted molar refractivity (Wildman–Crippen MR) is 94.4 cm³/mol. The zero-order valence-electron chi connectivity index (χ0n) is 12.6. The van der Waals surface area contributed by atoms with Gasteiger partial charge < -0.3 is 10.2 Å². The number of halogens is 2. The molecule has 0 aliphatic carbocycles. The SMILES string of the molecule is CCCNC1CC2CCCC(C1)N2c1cc(Br)ccc1Cl. The van der Waals surface area contributed by atoms with Crippen molar-refractivity contribution in [2.45, 2.75) is 63.6 Å². The van der Waals surface area contributed by atoms with E-state index in [1.54, 1.807) is 0 Å². The topological polar surface area (TPSA) is 15.3 Å². The fourth-order valence-electron chi connectivity index (χ4n) is 3.97. The van der Waals surface area contributed by atoms with Crippen molar-refractivity contribution in [3.8, 4) is 0 Å². The van der Waals surface area contributed by atoms with E-state index in [1.807, 2.05) is 12.1 Å². The molecule has 1 aromatic carbocycles. The van der Waals surface area contributed by atoms with Crippen LogP contribution in [0.3, 0.4) is 0 Å². The van der Waals surface area contributed by atoms with E-state index >= 15 is 0 Å². The van der Waals surface area contributed by atoms with Gasteiger partial charge in [-0.25, -0.2) is 0 Å². The van der Waals surface area contributed by atoms with E-state index < -0.39 is 0 Å². The van der Waals surface area contributed by atoms with Gasteiger partial charge in [-0.3, -0.25) is 0 Å². The summed E-state index contributed by atoms with van der Waals surface area (Å²) >= 11 is 10.1. The molecule has 4 heteroatoms. The van der Waals surface area contributed by atoms with Gasteiger partial charge in [0.1, 0.15) is 0 Å². The van der Waals surface area contributed by atoms with Gasteiger partial charge in [-0.15, -0.1) is 0 Å². The van der Waals surface area contributed by atoms with Crippen LogP contribution in [0.15, 0.2) is 22.7 Å². The Labute approximate surface area is 141 Å². The Balaban J connectivity index is 1.82. The molecule has 0 amide bonds. The quantitative estimate of drug-likeness (QED) is 0.802. The zero-order chi connectivity index (χ0) is 14.8. The monoisotopic (exact) mass is 370 g/mol. The van der Waals surface area contributed by atoms with Crippen molar-refractivity contribution >= 4 is 33.2 Å². The summed E-state index contributed by atoms with van der Waals surface area (Å²) in [6.45, 7) is 3.38. The molecule has 1 N–H and O–H groups in total. The number of rotatable bonds is 4. The van der Waals surface area contributed by atoms with Crippen LogP contribution < -0.4 is 10.2 Å². The Bertz CT molecular complexity index is 480. The van der Waals surface area contributed by atoms with E-state index in [4.69, 9.17) is 11.6 Å². The highest BCUT2D eigenvalue weighted by Gasteiger charge is 2.38. The van der Waals surface area contributed by atoms with Crippen molar-refractivity contribution in [2.75, 3.05) is 11.4 Å². The minimum Gasteiger partial charge on any atom is -0.364 e. The smallest absolute Gasteiger partial charge is 0.0640 e. The van der Waals surface area contributed by atoms with E-state index in [0.717, 1.165) is 16.0 Å². The molecule has 116 valence electrons. The first kappa shape index (κ1) is 15.6. The summed E-state index contributed by atoms with van der Waals surface area (Å²) < 4.78 is 1.12. The fraction of sp³-hybridized carbons (Fsp3) is 0.647. The molecule has 2 atom stereocenters. The van der Waals surface area contributed by atoms with Crippen molar-refractivity contribution in [2.24, 2.45) is 0 Å². The van der Waals surface area contributed by atoms with Crippen LogP contribution >= 0.6 is 27.5 Å². The molecule has 0 spiro atoms. The van der Waals surface area contributed by atoms with Crippen molar-refractivity contribution in [1.82, 2.24) is 5.32 Å². The highest BCUT2D eigenvalue weighted by Crippen LogP contribution is 2.41. The van der Waals surface area contributed by atoms with Gasteiger partial charge in [0.25, 0.3) is 0 Å². The standard InChI is InChI=1S/C17H24BrClN2/c1-2-8-20-13-10-14-4-3-5-15(11-13)21(14)17-9-12(18)6-7-16(17)19/h6-7,9,13-15,20H,2-5,8,10-11H2,1H3. The summed E-state index contributed by atoms with van der Waals surface area (Å²) in [5.41, 5.74) is 1.22. The lowest BCUT2D eigenvalue weighted by molar-refractivity contribution is 0.246. The van der Waals surface area contributed by atoms with Crippen molar-refractivity contribution in [3.05, 3.63) is 27.7 Å². The first-order valence-corrected chi connectivity index (χ1v) is 9.33. The number of benzene rings is 1. The Morgan fingerprint density at radius 2 is 2.00 bits per heavy atom. The maximum atomic E-state index is 6.48. The summed E-state index contributed by atoms with van der Waals surface area (Å²) in [7, 11) is 0. The van der Waals surface area contributed by atoms with Gasteiger partial charge in [-0.2, -0.15) is 0 Å². The van der Waals surface area contributed by atoms with Gasteiger partial charge >= 0.3 is 0 Å². The zero-order valence-corrected chi connectivity index (χ0v) is 15.0. The third-order valence-corrected chi connectivity index (χ3v) is 5.66. The molecule has 2 fully saturated rings. The molecule has 0 saturated carbocycles. The molecule has 2 saturated heterocycles. The van der Waals surface area contributed by atoms with Crippen LogP contribution in [0.5, 0.6) is 0 Å². The fourth-order valence-corrected chi connectivity index (χ4v) is 4.54. The van der Waals surface area contributed by atoms with Crippen LogP contribution in [0.1, 0.15) is 45.4 Å². The van der Waals surface area contributed by atoms with Gasteiger partial charge in [0.15, 0.2) is 0 Å². The van der Waals surface area contributed by atoms with Gasteiger partial charge in [-0.05, 0) is 63.3 Å². The summed E-state index contributed by atoms with van der Waals surface area (Å²) in [5.74, 6) is 0. The first-order valence-electron chi connectivity index (χ1n) is 8.15. The number of hydrogen-bond donors (Lipinski definition) is 1. The number of hydrogen-bond acceptors (Lipinski definition) is 2. The maximum Gasteiger partial charge on any atom is 0.0640 e. The molecule has 3 rings (SSSR count). The van der Waals surface area contributed by atoms with E-state index in [2.05, 4.69) is 39.1 Å². The van der Waals surface area contributed by atoms with Crippen LogP contribution in [0, 0.1) is 0 Å². The second kappa shape index (κ2) is 6.89. The lowest BCUT2D eigenvalue weighted by atomic mass is 9.81. The molecule has 2 aliphatic rings. The van der Waals surface area contributed by atoms with E-state index in [-0.39, 0.29) is 0 Å². The lowest BCUT2D eigenvalue weighted by Gasteiger charge is -2.50. The van der Waals surface area contributed by atoms with Crippen LogP contribution in [0.2, 0.25) is 5.02 Å². The Morgan fingerprint density at radius 1 is 1.29 bits per heavy atom. The number of nitrogens with zero attached hydrogens (tertiary/aromatic N) is 1. The third kappa shape index (κ3) is 3.40. The first-order chi connectivity index (χ1) is 10.2. The van der Waals surface area contributed by atoms with Crippen LogP contribution in [-0.2, 0) is 0 Å². The molecule has 1 aromatic rings. The highest BCUT2D eigenvalue weighted by molar-refractivity contribution is 9.10. The van der Waals surface area contributed by atoms with Gasteiger partial charge in [0.2, 0.25) is 0 Å². The summed E-state index contributed by atoms with van der Waals surface area (Å²) in [6, 6.07) is 8.18. The number of nitrogens with one attached hydrogen (secondary N) is 1. The third-order valence-electron chi connectivity index (χ3n) is 4.84. The molecule has 2 aliphatic heterocycles. The molecule has 2 nitrogen and oxygen atoms in total. The number of anilines is 1. The number of fused-ring (bicyclic) bond motifs is 2. The van der Waals surface area contributed by atoms with E-state index in [9.17, 15) is 0 Å². The highest BCUT2D eigenvalue weighted by atomic mass is 79.9. The largest absolute Gasteiger partial charge is 0.364 e. The summed E-state index contributed by atoms with van der Waals surface area (Å²) in [6.07, 6.45) is 7.66. The second-order valence-electron chi connectivity index (χ2n) is 6.36. The predicted octanol–water partition coefficient (Wildman–Crippen LogP) is 4.99. The van der Waals surface area contributed by atoms with E-state index in [1.165, 1.54) is 44.2 Å². The minimum absolute atomic E-state index is 0.638. The van der Waals surface area contributed by atoms with E-state index in [0.29, 0.717) is 18.1 Å². The van der Waals surface area contributed by atoms with Crippen molar-refractivity contribution in [1.29, 1.82) is 0 Å². The normalized spacial score (nSPS) is 28.7. The molecule has 0 radical (unpaired) electrons. The van der Waals surface area contributed by atoms with Gasteiger partial charge in [0, 0.05) is 22.6 Å². The Hall–Kier alpha value is -0.250. The number of piperidine rings is 2. The molecular formula is C17H24BrClN2. The molecule has 2 heterocycles. The minimum atomic E-state index is 0.638. The summed E-state index contributed by atoms with van der Waals surface area (Å²) in [4.78, 5) is 2.61. The molecule has 21 heavy (non-hydrogen) atoms.